The van der Waals surface area contributed by atoms with Gasteiger partial charge in [0.15, 0.2) is 0 Å². The smallest absolute Gasteiger partial charge is 0.0824 e. The molecule has 1 atom stereocenters. The van der Waals surface area contributed by atoms with Crippen molar-refractivity contribution in [2.45, 2.75) is 12.0 Å². The van der Waals surface area contributed by atoms with Crippen LogP contribution in [0.4, 0.5) is 0 Å². The Morgan fingerprint density at radius 2 is 2.27 bits per heavy atom. The number of hydrogen-bond acceptors (Lipinski definition) is 2. The number of nitrogens with two attached hydrogens (primary N) is 2. The monoisotopic (exact) mass is 223 g/mol. The van der Waals surface area contributed by atoms with Crippen molar-refractivity contribution in [2.24, 2.45) is 18.5 Å². The summed E-state index contributed by atoms with van der Waals surface area (Å²) in [5.41, 5.74) is 13.0. The molecule has 2 rings (SSSR count). The molecule has 1 aromatic rings. The molecule has 0 radical (unpaired) electrons. The minimum atomic E-state index is -0.619. The Balaban J connectivity index is 2.41. The van der Waals surface area contributed by atoms with Crippen molar-refractivity contribution < 1.29 is 0 Å². The van der Waals surface area contributed by atoms with Crippen LogP contribution in [0.3, 0.4) is 0 Å². The summed E-state index contributed by atoms with van der Waals surface area (Å²) < 4.78 is 1.95. The van der Waals surface area contributed by atoms with E-state index in [0.717, 1.165) is 5.56 Å². The van der Waals surface area contributed by atoms with Gasteiger partial charge in [-0.25, -0.2) is 0 Å². The fraction of sp³-hybridized carbons (Fsp3) is 0.273. The van der Waals surface area contributed by atoms with E-state index < -0.39 is 5.54 Å². The van der Waals surface area contributed by atoms with Gasteiger partial charge in [0, 0.05) is 30.2 Å². The van der Waals surface area contributed by atoms with Crippen molar-refractivity contribution in [1.29, 1.82) is 0 Å². The molecule has 0 spiro atoms. The molecule has 1 aliphatic rings. The molecule has 15 heavy (non-hydrogen) atoms. The fourth-order valence-electron chi connectivity index (χ4n) is 1.73. The van der Waals surface area contributed by atoms with Crippen molar-refractivity contribution in [3.8, 4) is 0 Å². The Morgan fingerprint density at radius 3 is 2.80 bits per heavy atom. The third kappa shape index (κ3) is 1.68. The molecule has 0 amide bonds. The van der Waals surface area contributed by atoms with Gasteiger partial charge in [-0.05, 0) is 24.1 Å². The van der Waals surface area contributed by atoms with E-state index in [2.05, 4.69) is 0 Å². The van der Waals surface area contributed by atoms with Gasteiger partial charge in [-0.3, -0.25) is 0 Å². The highest BCUT2D eigenvalue weighted by Crippen LogP contribution is 2.36. The molecule has 0 fully saturated rings. The van der Waals surface area contributed by atoms with E-state index in [1.807, 2.05) is 36.2 Å². The normalized spacial score (nSPS) is 26.1. The van der Waals surface area contributed by atoms with Crippen LogP contribution < -0.4 is 11.5 Å². The minimum absolute atomic E-state index is 0.591. The second kappa shape index (κ2) is 3.43. The molecule has 4 heteroatoms. The third-order valence-electron chi connectivity index (χ3n) is 2.73. The number of allylic oxidation sites excluding steroid dienone is 1. The number of hydrogen-bond donors (Lipinski definition) is 2. The lowest BCUT2D eigenvalue weighted by atomic mass is 9.85. The highest BCUT2D eigenvalue weighted by molar-refractivity contribution is 6.31. The minimum Gasteiger partial charge on any atom is -0.399 e. The molecule has 1 heterocycles. The lowest BCUT2D eigenvalue weighted by Gasteiger charge is -2.30. The molecule has 1 aromatic heterocycles. The lowest BCUT2D eigenvalue weighted by Crippen LogP contribution is -2.38. The van der Waals surface area contributed by atoms with Gasteiger partial charge in [0.05, 0.1) is 5.54 Å². The van der Waals surface area contributed by atoms with Gasteiger partial charge in [-0.1, -0.05) is 17.7 Å². The zero-order valence-corrected chi connectivity index (χ0v) is 9.33. The van der Waals surface area contributed by atoms with Crippen molar-refractivity contribution in [3.63, 3.8) is 0 Å². The van der Waals surface area contributed by atoms with Crippen LogP contribution in [-0.4, -0.2) is 4.57 Å². The van der Waals surface area contributed by atoms with Gasteiger partial charge in [-0.15, -0.1) is 0 Å². The van der Waals surface area contributed by atoms with Crippen LogP contribution >= 0.6 is 11.6 Å². The zero-order valence-electron chi connectivity index (χ0n) is 8.57. The molecule has 1 unspecified atom stereocenters. The SMILES string of the molecule is Cn1ccc(C2(N)CC=C(N)C=C2Cl)c1. The molecular weight excluding hydrogens is 210 g/mol. The summed E-state index contributed by atoms with van der Waals surface area (Å²) in [6.07, 6.45) is 8.19. The van der Waals surface area contributed by atoms with E-state index in [0.29, 0.717) is 17.2 Å². The van der Waals surface area contributed by atoms with E-state index in [9.17, 15) is 0 Å². The first kappa shape index (κ1) is 10.3. The Hall–Kier alpha value is -1.19. The Labute approximate surface area is 94.0 Å². The molecule has 80 valence electrons. The van der Waals surface area contributed by atoms with Gasteiger partial charge in [-0.2, -0.15) is 0 Å². The predicted molar refractivity (Wildman–Crippen MR) is 62.1 cm³/mol. The molecule has 0 aliphatic heterocycles. The van der Waals surface area contributed by atoms with E-state index in [1.165, 1.54) is 0 Å². The average molecular weight is 224 g/mol. The van der Waals surface area contributed by atoms with Crippen molar-refractivity contribution in [3.05, 3.63) is 46.9 Å². The summed E-state index contributed by atoms with van der Waals surface area (Å²) in [5, 5.41) is 0.591. The molecular formula is C11H14ClN3. The maximum Gasteiger partial charge on any atom is 0.0824 e. The summed E-state index contributed by atoms with van der Waals surface area (Å²) >= 11 is 6.17. The lowest BCUT2D eigenvalue weighted by molar-refractivity contribution is 0.549. The van der Waals surface area contributed by atoms with E-state index in [-0.39, 0.29) is 0 Å². The van der Waals surface area contributed by atoms with Gasteiger partial charge >= 0.3 is 0 Å². The topological polar surface area (TPSA) is 57.0 Å². The first-order valence-electron chi connectivity index (χ1n) is 4.77. The third-order valence-corrected chi connectivity index (χ3v) is 3.17. The Bertz CT molecular complexity index is 444. The standard InChI is InChI=1S/C11H14ClN3/c1-15-5-3-8(7-15)11(14)4-2-9(13)6-10(11)12/h2-3,5-7H,4,13-14H2,1H3. The van der Waals surface area contributed by atoms with Crippen LogP contribution in [0.15, 0.2) is 41.3 Å². The van der Waals surface area contributed by atoms with Crippen LogP contribution in [0.2, 0.25) is 0 Å². The predicted octanol–water partition coefficient (Wildman–Crippen LogP) is 1.55. The van der Waals surface area contributed by atoms with Crippen LogP contribution in [0.1, 0.15) is 12.0 Å². The quantitative estimate of drug-likeness (QED) is 0.759. The van der Waals surface area contributed by atoms with E-state index >= 15 is 0 Å². The van der Waals surface area contributed by atoms with E-state index in [1.54, 1.807) is 6.08 Å². The number of aromatic nitrogens is 1. The molecule has 0 bridgehead atoms. The molecule has 4 N–H and O–H groups in total. The summed E-state index contributed by atoms with van der Waals surface area (Å²) in [6, 6.07) is 1.98. The number of aryl methyl sites for hydroxylation is 1. The molecule has 0 aromatic carbocycles. The molecule has 1 aliphatic carbocycles. The van der Waals surface area contributed by atoms with Gasteiger partial charge < -0.3 is 16.0 Å². The van der Waals surface area contributed by atoms with Crippen molar-refractivity contribution in [1.82, 2.24) is 4.57 Å². The van der Waals surface area contributed by atoms with Crippen LogP contribution in [0.25, 0.3) is 0 Å². The Morgan fingerprint density at radius 1 is 1.53 bits per heavy atom. The maximum atomic E-state index is 6.29. The molecule has 0 saturated heterocycles. The summed E-state index contributed by atoms with van der Waals surface area (Å²) in [5.74, 6) is 0. The first-order valence-corrected chi connectivity index (χ1v) is 5.15. The molecule has 0 saturated carbocycles. The fourth-order valence-corrected chi connectivity index (χ4v) is 2.05. The van der Waals surface area contributed by atoms with Crippen LogP contribution in [-0.2, 0) is 12.6 Å². The highest BCUT2D eigenvalue weighted by atomic mass is 35.5. The maximum absolute atomic E-state index is 6.29. The van der Waals surface area contributed by atoms with Gasteiger partial charge in [0.1, 0.15) is 0 Å². The highest BCUT2D eigenvalue weighted by Gasteiger charge is 2.32. The number of nitrogens with zero attached hydrogens (tertiary/aromatic N) is 1. The van der Waals surface area contributed by atoms with Gasteiger partial charge in [0.2, 0.25) is 0 Å². The van der Waals surface area contributed by atoms with E-state index in [4.69, 9.17) is 23.1 Å². The largest absolute Gasteiger partial charge is 0.399 e. The van der Waals surface area contributed by atoms with Crippen LogP contribution in [0, 0.1) is 0 Å². The summed E-state index contributed by atoms with van der Waals surface area (Å²) in [6.45, 7) is 0. The first-order chi connectivity index (χ1) is 7.02. The second-order valence-corrected chi connectivity index (χ2v) is 4.34. The van der Waals surface area contributed by atoms with Crippen molar-refractivity contribution in [2.75, 3.05) is 0 Å². The summed E-state index contributed by atoms with van der Waals surface area (Å²) in [4.78, 5) is 0. The van der Waals surface area contributed by atoms with Gasteiger partial charge in [0.25, 0.3) is 0 Å². The molecule has 3 nitrogen and oxygen atoms in total. The average Bonchev–Trinajstić information content (AvgIpc) is 2.60. The zero-order chi connectivity index (χ0) is 11.1. The van der Waals surface area contributed by atoms with Crippen molar-refractivity contribution >= 4 is 11.6 Å². The number of rotatable bonds is 1. The van der Waals surface area contributed by atoms with Crippen LogP contribution in [0.5, 0.6) is 0 Å². The Kier molecular flexibility index (Phi) is 2.37. The number of halogens is 1. The second-order valence-electron chi connectivity index (χ2n) is 3.94. The summed E-state index contributed by atoms with van der Waals surface area (Å²) in [7, 11) is 1.96.